The maximum Gasteiger partial charge on any atom is 0.0998 e. The first-order valence-corrected chi connectivity index (χ1v) is 9.56. The smallest absolute Gasteiger partial charge is 0.0998 e. The van der Waals surface area contributed by atoms with Crippen LogP contribution < -0.4 is 0 Å². The van der Waals surface area contributed by atoms with Crippen molar-refractivity contribution in [1.82, 2.24) is 4.57 Å². The SMILES string of the molecule is CCc1ccccc1-n1c(C)cc(C=C(C#N)c2ccc(Cl)cc2Cl)c1C. The van der Waals surface area contributed by atoms with Crippen molar-refractivity contribution in [1.29, 1.82) is 5.26 Å². The van der Waals surface area contributed by atoms with Gasteiger partial charge in [-0.1, -0.05) is 54.4 Å². The highest BCUT2D eigenvalue weighted by Gasteiger charge is 2.14. The molecule has 0 radical (unpaired) electrons. The minimum atomic E-state index is 0.473. The molecule has 1 heterocycles. The van der Waals surface area contributed by atoms with Crippen LogP contribution in [0.25, 0.3) is 17.3 Å². The van der Waals surface area contributed by atoms with E-state index >= 15 is 0 Å². The van der Waals surface area contributed by atoms with Gasteiger partial charge in [0.1, 0.15) is 0 Å². The number of halogens is 2. The number of aryl methyl sites for hydroxylation is 2. The number of aromatic nitrogens is 1. The number of para-hydroxylation sites is 1. The molecule has 1 aromatic heterocycles. The molecule has 3 aromatic rings. The van der Waals surface area contributed by atoms with Crippen molar-refractivity contribution < 1.29 is 0 Å². The van der Waals surface area contributed by atoms with Crippen LogP contribution in [0, 0.1) is 25.2 Å². The van der Waals surface area contributed by atoms with Gasteiger partial charge in [0.25, 0.3) is 0 Å². The summed E-state index contributed by atoms with van der Waals surface area (Å²) in [6, 6.07) is 18.0. The number of nitrogens with zero attached hydrogens (tertiary/aromatic N) is 2. The van der Waals surface area contributed by atoms with E-state index in [4.69, 9.17) is 23.2 Å². The summed E-state index contributed by atoms with van der Waals surface area (Å²) in [5.41, 5.74) is 6.88. The average molecular weight is 395 g/mol. The first kappa shape index (κ1) is 19.3. The summed E-state index contributed by atoms with van der Waals surface area (Å²) in [5.74, 6) is 0. The summed E-state index contributed by atoms with van der Waals surface area (Å²) in [7, 11) is 0. The normalized spacial score (nSPS) is 11.5. The van der Waals surface area contributed by atoms with Gasteiger partial charge in [0.2, 0.25) is 0 Å². The van der Waals surface area contributed by atoms with E-state index in [1.165, 1.54) is 11.3 Å². The summed E-state index contributed by atoms with van der Waals surface area (Å²) in [6.07, 6.45) is 2.85. The average Bonchev–Trinajstić information content (AvgIpc) is 2.93. The molecule has 27 heavy (non-hydrogen) atoms. The van der Waals surface area contributed by atoms with Crippen LogP contribution in [-0.2, 0) is 6.42 Å². The van der Waals surface area contributed by atoms with Crippen LogP contribution in [0.5, 0.6) is 0 Å². The van der Waals surface area contributed by atoms with Gasteiger partial charge in [0.15, 0.2) is 0 Å². The van der Waals surface area contributed by atoms with E-state index in [1.807, 2.05) is 6.08 Å². The molecule has 0 unspecified atom stereocenters. The number of hydrogen-bond donors (Lipinski definition) is 0. The molecule has 0 aliphatic rings. The fourth-order valence-corrected chi connectivity index (χ4v) is 3.88. The molecular weight excluding hydrogens is 375 g/mol. The molecule has 0 aliphatic carbocycles. The molecule has 0 aliphatic heterocycles. The molecular formula is C23H20Cl2N2. The Hall–Kier alpha value is -2.47. The Bertz CT molecular complexity index is 1070. The van der Waals surface area contributed by atoms with Crippen LogP contribution in [0.3, 0.4) is 0 Å². The highest BCUT2D eigenvalue weighted by molar-refractivity contribution is 6.36. The summed E-state index contributed by atoms with van der Waals surface area (Å²) < 4.78 is 2.24. The first-order chi connectivity index (χ1) is 13.0. The van der Waals surface area contributed by atoms with Crippen LogP contribution in [0.1, 0.15) is 35.0 Å². The Morgan fingerprint density at radius 2 is 1.85 bits per heavy atom. The molecule has 0 fully saturated rings. The molecule has 0 bridgehead atoms. The fourth-order valence-electron chi connectivity index (χ4n) is 3.37. The van der Waals surface area contributed by atoms with Crippen molar-refractivity contribution in [2.45, 2.75) is 27.2 Å². The maximum atomic E-state index is 9.68. The van der Waals surface area contributed by atoms with Crippen molar-refractivity contribution in [3.8, 4) is 11.8 Å². The monoisotopic (exact) mass is 394 g/mol. The number of rotatable bonds is 4. The van der Waals surface area contributed by atoms with Crippen molar-refractivity contribution >= 4 is 34.9 Å². The third kappa shape index (κ3) is 3.81. The molecule has 0 saturated heterocycles. The second-order valence-corrected chi connectivity index (χ2v) is 7.28. The van der Waals surface area contributed by atoms with Gasteiger partial charge < -0.3 is 4.57 Å². The zero-order chi connectivity index (χ0) is 19.6. The lowest BCUT2D eigenvalue weighted by atomic mass is 10.0. The minimum Gasteiger partial charge on any atom is -0.318 e. The van der Waals surface area contributed by atoms with Crippen LogP contribution in [0.4, 0.5) is 0 Å². The van der Waals surface area contributed by atoms with Gasteiger partial charge >= 0.3 is 0 Å². The minimum absolute atomic E-state index is 0.473. The van der Waals surface area contributed by atoms with Gasteiger partial charge in [0, 0.05) is 27.7 Å². The highest BCUT2D eigenvalue weighted by atomic mass is 35.5. The van der Waals surface area contributed by atoms with Crippen LogP contribution in [0.2, 0.25) is 10.0 Å². The van der Waals surface area contributed by atoms with Crippen LogP contribution >= 0.6 is 23.2 Å². The fraction of sp³-hybridized carbons (Fsp3) is 0.174. The largest absolute Gasteiger partial charge is 0.318 e. The van der Waals surface area contributed by atoms with E-state index in [0.717, 1.165) is 23.4 Å². The number of nitriles is 1. The predicted molar refractivity (Wildman–Crippen MR) is 115 cm³/mol. The molecule has 4 heteroatoms. The summed E-state index contributed by atoms with van der Waals surface area (Å²) in [4.78, 5) is 0. The van der Waals surface area contributed by atoms with Gasteiger partial charge in [0.05, 0.1) is 16.7 Å². The third-order valence-electron chi connectivity index (χ3n) is 4.73. The van der Waals surface area contributed by atoms with Crippen molar-refractivity contribution in [3.05, 3.63) is 86.7 Å². The lowest BCUT2D eigenvalue weighted by molar-refractivity contribution is 0.936. The molecule has 2 aromatic carbocycles. The van der Waals surface area contributed by atoms with E-state index < -0.39 is 0 Å². The van der Waals surface area contributed by atoms with Gasteiger partial charge in [-0.25, -0.2) is 0 Å². The van der Waals surface area contributed by atoms with E-state index in [9.17, 15) is 5.26 Å². The summed E-state index contributed by atoms with van der Waals surface area (Å²) >= 11 is 12.3. The number of hydrogen-bond acceptors (Lipinski definition) is 1. The van der Waals surface area contributed by atoms with Crippen molar-refractivity contribution in [3.63, 3.8) is 0 Å². The van der Waals surface area contributed by atoms with E-state index in [-0.39, 0.29) is 0 Å². The number of benzene rings is 2. The van der Waals surface area contributed by atoms with Gasteiger partial charge in [-0.05, 0) is 61.7 Å². The molecule has 3 rings (SSSR count). The lowest BCUT2D eigenvalue weighted by Gasteiger charge is -2.14. The lowest BCUT2D eigenvalue weighted by Crippen LogP contribution is -2.02. The third-order valence-corrected chi connectivity index (χ3v) is 5.27. The zero-order valence-electron chi connectivity index (χ0n) is 15.6. The molecule has 136 valence electrons. The summed E-state index contributed by atoms with van der Waals surface area (Å²) in [5, 5.41) is 10.7. The zero-order valence-corrected chi connectivity index (χ0v) is 17.1. The maximum absolute atomic E-state index is 9.68. The second kappa shape index (κ2) is 8.05. The Balaban J connectivity index is 2.13. The molecule has 2 nitrogen and oxygen atoms in total. The van der Waals surface area contributed by atoms with Crippen LogP contribution in [-0.4, -0.2) is 4.57 Å². The molecule has 0 amide bonds. The van der Waals surface area contributed by atoms with Gasteiger partial charge in [-0.3, -0.25) is 0 Å². The van der Waals surface area contributed by atoms with Crippen LogP contribution in [0.15, 0.2) is 48.5 Å². The van der Waals surface area contributed by atoms with Gasteiger partial charge in [-0.2, -0.15) is 5.26 Å². The number of allylic oxidation sites excluding steroid dienone is 1. The summed E-state index contributed by atoms with van der Waals surface area (Å²) in [6.45, 7) is 6.31. The standard InChI is InChI=1S/C23H20Cl2N2/c1-4-17-7-5-6-8-23(17)27-15(2)11-18(16(27)3)12-19(14-26)21-10-9-20(24)13-22(21)25/h5-13H,4H2,1-3H3. The van der Waals surface area contributed by atoms with E-state index in [2.05, 4.69) is 61.7 Å². The van der Waals surface area contributed by atoms with Gasteiger partial charge in [-0.15, -0.1) is 0 Å². The molecule has 0 atom stereocenters. The molecule has 0 N–H and O–H groups in total. The Morgan fingerprint density at radius 1 is 1.11 bits per heavy atom. The van der Waals surface area contributed by atoms with Crippen molar-refractivity contribution in [2.75, 3.05) is 0 Å². The Kier molecular flexibility index (Phi) is 5.75. The highest BCUT2D eigenvalue weighted by Crippen LogP contribution is 2.30. The van der Waals surface area contributed by atoms with Crippen molar-refractivity contribution in [2.24, 2.45) is 0 Å². The quantitative estimate of drug-likeness (QED) is 0.436. The predicted octanol–water partition coefficient (Wildman–Crippen LogP) is 7.03. The molecule has 0 saturated carbocycles. The first-order valence-electron chi connectivity index (χ1n) is 8.80. The Labute approximate surface area is 170 Å². The topological polar surface area (TPSA) is 28.7 Å². The van der Waals surface area contributed by atoms with E-state index in [1.54, 1.807) is 18.2 Å². The molecule has 0 spiro atoms. The second-order valence-electron chi connectivity index (χ2n) is 6.44. The van der Waals surface area contributed by atoms with E-state index in [0.29, 0.717) is 21.2 Å². The Morgan fingerprint density at radius 3 is 2.52 bits per heavy atom.